The van der Waals surface area contributed by atoms with Crippen LogP contribution in [0, 0.1) is 0 Å². The smallest absolute Gasteiger partial charge is 0.293 e. The molecule has 20 heavy (non-hydrogen) atoms. The van der Waals surface area contributed by atoms with Crippen molar-refractivity contribution >= 4 is 31.3 Å². The maximum Gasteiger partial charge on any atom is 0.296 e. The van der Waals surface area contributed by atoms with Crippen LogP contribution >= 0.6 is 22.2 Å². The van der Waals surface area contributed by atoms with Crippen LogP contribution in [0.4, 0.5) is 0 Å². The molecule has 0 aliphatic rings. The van der Waals surface area contributed by atoms with Gasteiger partial charge in [0.05, 0.1) is 5.69 Å². The third kappa shape index (κ3) is 2.70. The molecule has 0 saturated carbocycles. The predicted molar refractivity (Wildman–Crippen MR) is 76.4 cm³/mol. The zero-order chi connectivity index (χ0) is 15.1. The molecule has 0 saturated heterocycles. The van der Waals surface area contributed by atoms with Crippen molar-refractivity contribution < 1.29 is 8.42 Å². The van der Waals surface area contributed by atoms with Gasteiger partial charge in [0.15, 0.2) is 5.82 Å². The molecular weight excluding hydrogens is 322 g/mol. The molecule has 0 aliphatic heterocycles. The minimum atomic E-state index is -3.96. The first-order valence-corrected chi connectivity index (χ1v) is 9.04. The second-order valence-electron chi connectivity index (χ2n) is 4.85. The molecule has 0 N–H and O–H groups in total. The van der Waals surface area contributed by atoms with E-state index in [9.17, 15) is 8.42 Å². The van der Waals surface area contributed by atoms with Crippen LogP contribution in [0.25, 0.3) is 10.7 Å². The van der Waals surface area contributed by atoms with Crippen LogP contribution in [0.1, 0.15) is 45.3 Å². The molecule has 0 amide bonds. The van der Waals surface area contributed by atoms with Crippen LogP contribution < -0.4 is 0 Å². The van der Waals surface area contributed by atoms with Crippen molar-refractivity contribution in [2.45, 2.75) is 44.8 Å². The van der Waals surface area contributed by atoms with E-state index in [-0.39, 0.29) is 17.1 Å². The molecule has 10 heteroatoms. The monoisotopic (exact) mass is 335 g/mol. The van der Waals surface area contributed by atoms with Gasteiger partial charge in [0.1, 0.15) is 4.88 Å². The Morgan fingerprint density at radius 2 is 1.80 bits per heavy atom. The molecule has 2 heterocycles. The van der Waals surface area contributed by atoms with E-state index in [1.54, 1.807) is 0 Å². The Bertz CT molecular complexity index is 720. The minimum Gasteiger partial charge on any atom is -0.293 e. The minimum absolute atomic E-state index is 0.150. The molecule has 0 aromatic carbocycles. The number of rotatable bonds is 4. The molecule has 0 atom stereocenters. The average molecular weight is 336 g/mol. The van der Waals surface area contributed by atoms with Crippen molar-refractivity contribution in [3.05, 3.63) is 5.69 Å². The molecule has 0 spiro atoms. The summed E-state index contributed by atoms with van der Waals surface area (Å²) in [6, 6.07) is -0.161. The highest BCUT2D eigenvalue weighted by Crippen LogP contribution is 2.32. The maximum absolute atomic E-state index is 11.6. The number of hydrogen-bond donors (Lipinski definition) is 0. The van der Waals surface area contributed by atoms with Gasteiger partial charge in [-0.1, -0.05) is 18.3 Å². The van der Waals surface area contributed by atoms with Gasteiger partial charge in [-0.3, -0.25) is 4.57 Å². The zero-order valence-corrected chi connectivity index (χ0v) is 13.8. The summed E-state index contributed by atoms with van der Waals surface area (Å²) in [5, 5.41) is 11.5. The molecule has 0 radical (unpaired) electrons. The van der Waals surface area contributed by atoms with Gasteiger partial charge in [-0.15, -0.1) is 15.3 Å². The molecule has 0 bridgehead atoms. The molecule has 2 aromatic rings. The van der Waals surface area contributed by atoms with Gasteiger partial charge in [0.2, 0.25) is 0 Å². The Balaban J connectivity index is 2.70. The molecule has 2 aromatic heterocycles. The van der Waals surface area contributed by atoms with Gasteiger partial charge >= 0.3 is 0 Å². The third-order valence-corrected chi connectivity index (χ3v) is 4.53. The Kier molecular flexibility index (Phi) is 4.12. The summed E-state index contributed by atoms with van der Waals surface area (Å²) in [6.45, 7) is 7.63. The van der Waals surface area contributed by atoms with E-state index in [0.29, 0.717) is 10.7 Å². The van der Waals surface area contributed by atoms with Gasteiger partial charge in [0.25, 0.3) is 14.2 Å². The highest BCUT2D eigenvalue weighted by Gasteiger charge is 2.28. The van der Waals surface area contributed by atoms with E-state index < -0.39 is 9.05 Å². The molecular formula is C10H14ClN5O2S2. The van der Waals surface area contributed by atoms with Crippen molar-refractivity contribution in [3.63, 3.8) is 0 Å². The standard InChI is InChI=1S/C10H14ClN5O2S2/c1-5(2)7-8(19-15-12-7)9-13-14-10(20(11,17)18)16(9)6(3)4/h5-6H,1-4H3. The molecule has 110 valence electrons. The van der Waals surface area contributed by atoms with Gasteiger partial charge in [0, 0.05) is 16.7 Å². The highest BCUT2D eigenvalue weighted by molar-refractivity contribution is 8.13. The Labute approximate surface area is 125 Å². The molecule has 2 rings (SSSR count). The summed E-state index contributed by atoms with van der Waals surface area (Å²) in [6.07, 6.45) is 0. The summed E-state index contributed by atoms with van der Waals surface area (Å²) >= 11 is 1.16. The van der Waals surface area contributed by atoms with Crippen molar-refractivity contribution in [2.75, 3.05) is 0 Å². The third-order valence-electron chi connectivity index (χ3n) is 2.66. The van der Waals surface area contributed by atoms with Crippen molar-refractivity contribution in [2.24, 2.45) is 0 Å². The van der Waals surface area contributed by atoms with Gasteiger partial charge < -0.3 is 0 Å². The van der Waals surface area contributed by atoms with E-state index >= 15 is 0 Å². The Morgan fingerprint density at radius 3 is 2.30 bits per heavy atom. The second-order valence-corrected chi connectivity index (χ2v) is 8.06. The Morgan fingerprint density at radius 1 is 1.15 bits per heavy atom. The first kappa shape index (κ1) is 15.3. The van der Waals surface area contributed by atoms with E-state index in [2.05, 4.69) is 19.8 Å². The van der Waals surface area contributed by atoms with E-state index in [0.717, 1.165) is 17.2 Å². The normalized spacial score (nSPS) is 12.6. The van der Waals surface area contributed by atoms with Crippen LogP contribution in [0.5, 0.6) is 0 Å². The number of halogens is 1. The van der Waals surface area contributed by atoms with Gasteiger partial charge in [-0.2, -0.15) is 0 Å². The lowest BCUT2D eigenvalue weighted by Gasteiger charge is -2.12. The van der Waals surface area contributed by atoms with E-state index in [4.69, 9.17) is 10.7 Å². The summed E-state index contributed by atoms with van der Waals surface area (Å²) in [5.41, 5.74) is 0.767. The molecule has 0 fully saturated rings. The van der Waals surface area contributed by atoms with Crippen molar-refractivity contribution in [3.8, 4) is 10.7 Å². The molecule has 0 unspecified atom stereocenters. The van der Waals surface area contributed by atoms with Crippen LogP contribution in [0.15, 0.2) is 5.16 Å². The lowest BCUT2D eigenvalue weighted by molar-refractivity contribution is 0.530. The van der Waals surface area contributed by atoms with Crippen molar-refractivity contribution in [1.82, 2.24) is 24.4 Å². The fraction of sp³-hybridized carbons (Fsp3) is 0.600. The summed E-state index contributed by atoms with van der Waals surface area (Å²) < 4.78 is 28.6. The van der Waals surface area contributed by atoms with Gasteiger partial charge in [-0.25, -0.2) is 8.42 Å². The summed E-state index contributed by atoms with van der Waals surface area (Å²) in [4.78, 5) is 0.716. The quantitative estimate of drug-likeness (QED) is 0.797. The van der Waals surface area contributed by atoms with Crippen LogP contribution in [0.3, 0.4) is 0 Å². The number of nitrogens with zero attached hydrogens (tertiary/aromatic N) is 5. The second kappa shape index (κ2) is 5.38. The first-order chi connectivity index (χ1) is 9.23. The molecule has 0 aliphatic carbocycles. The predicted octanol–water partition coefficient (Wildman–Crippen LogP) is 2.43. The fourth-order valence-electron chi connectivity index (χ4n) is 1.79. The van der Waals surface area contributed by atoms with E-state index in [1.165, 1.54) is 4.57 Å². The average Bonchev–Trinajstić information content (AvgIpc) is 2.93. The zero-order valence-electron chi connectivity index (χ0n) is 11.4. The molecule has 7 nitrogen and oxygen atoms in total. The lowest BCUT2D eigenvalue weighted by Crippen LogP contribution is -2.10. The number of hydrogen-bond acceptors (Lipinski definition) is 7. The van der Waals surface area contributed by atoms with Gasteiger partial charge in [-0.05, 0) is 31.3 Å². The highest BCUT2D eigenvalue weighted by atomic mass is 35.7. The number of aromatic nitrogens is 5. The van der Waals surface area contributed by atoms with E-state index in [1.807, 2.05) is 27.7 Å². The Hall–Kier alpha value is -1.06. The topological polar surface area (TPSA) is 90.6 Å². The fourth-order valence-corrected chi connectivity index (χ4v) is 3.58. The van der Waals surface area contributed by atoms with Crippen LogP contribution in [0.2, 0.25) is 0 Å². The van der Waals surface area contributed by atoms with Crippen LogP contribution in [-0.4, -0.2) is 32.8 Å². The maximum atomic E-state index is 11.6. The first-order valence-electron chi connectivity index (χ1n) is 5.95. The van der Waals surface area contributed by atoms with Crippen molar-refractivity contribution in [1.29, 1.82) is 0 Å². The SMILES string of the molecule is CC(C)c1nnsc1-c1nnc(S(=O)(=O)Cl)n1C(C)C. The lowest BCUT2D eigenvalue weighted by atomic mass is 10.1. The summed E-state index contributed by atoms with van der Waals surface area (Å²) in [5.74, 6) is 0.579. The van der Waals surface area contributed by atoms with Crippen LogP contribution in [-0.2, 0) is 9.05 Å². The largest absolute Gasteiger partial charge is 0.296 e. The summed E-state index contributed by atoms with van der Waals surface area (Å²) in [7, 11) is 1.45.